The Morgan fingerprint density at radius 3 is 2.44 bits per heavy atom. The molecule has 0 saturated heterocycles. The molecule has 5 nitrogen and oxygen atoms in total. The van der Waals surface area contributed by atoms with Gasteiger partial charge in [-0.05, 0) is 42.5 Å². The van der Waals surface area contributed by atoms with Gasteiger partial charge in [-0.2, -0.15) is 13.2 Å². The Bertz CT molecular complexity index is 1100. The summed E-state index contributed by atoms with van der Waals surface area (Å²) in [5.74, 6) is 0. The third-order valence-corrected chi connectivity index (χ3v) is 4.72. The fourth-order valence-electron chi connectivity index (χ4n) is 2.19. The first-order valence-corrected chi connectivity index (χ1v) is 8.37. The summed E-state index contributed by atoms with van der Waals surface area (Å²) in [5, 5.41) is 0.462. The number of benzene rings is 2. The summed E-state index contributed by atoms with van der Waals surface area (Å²) in [4.78, 5) is 10.6. The van der Waals surface area contributed by atoms with Gasteiger partial charge in [-0.3, -0.25) is 4.72 Å². The summed E-state index contributed by atoms with van der Waals surface area (Å²) >= 11 is 0. The zero-order chi connectivity index (χ0) is 18.2. The van der Waals surface area contributed by atoms with Gasteiger partial charge in [0.1, 0.15) is 5.58 Å². The molecular formula is C16H10F3NO4S. The topological polar surface area (TPSA) is 76.4 Å². The molecule has 3 aromatic rings. The molecule has 1 N–H and O–H groups in total. The van der Waals surface area contributed by atoms with Gasteiger partial charge in [0.05, 0.1) is 10.5 Å². The van der Waals surface area contributed by atoms with Crippen LogP contribution in [-0.4, -0.2) is 8.42 Å². The van der Waals surface area contributed by atoms with Gasteiger partial charge in [0.25, 0.3) is 10.0 Å². The number of hydrogen-bond donors (Lipinski definition) is 1. The van der Waals surface area contributed by atoms with Crippen LogP contribution >= 0.6 is 0 Å². The lowest BCUT2D eigenvalue weighted by Gasteiger charge is -2.11. The van der Waals surface area contributed by atoms with Crippen LogP contribution in [0.1, 0.15) is 5.56 Å². The standard InChI is InChI=1S/C16H10F3NO4S/c17-16(18,19)11-2-1-3-13(9-11)25(22,23)20-12-5-6-14-10(8-12)4-7-15(21)24-14/h1-9,20H. The molecule has 0 unspecified atom stereocenters. The molecule has 0 saturated carbocycles. The van der Waals surface area contributed by atoms with Crippen LogP contribution < -0.4 is 10.3 Å². The molecule has 0 radical (unpaired) electrons. The van der Waals surface area contributed by atoms with Crippen LogP contribution in [-0.2, 0) is 16.2 Å². The van der Waals surface area contributed by atoms with Crippen molar-refractivity contribution in [3.8, 4) is 0 Å². The van der Waals surface area contributed by atoms with Crippen molar-refractivity contribution in [2.24, 2.45) is 0 Å². The molecule has 9 heteroatoms. The van der Waals surface area contributed by atoms with E-state index < -0.39 is 32.3 Å². The first-order valence-electron chi connectivity index (χ1n) is 6.89. The number of sulfonamides is 1. The van der Waals surface area contributed by atoms with E-state index >= 15 is 0 Å². The Morgan fingerprint density at radius 1 is 0.960 bits per heavy atom. The molecule has 1 heterocycles. The summed E-state index contributed by atoms with van der Waals surface area (Å²) in [6.07, 6.45) is -4.65. The third kappa shape index (κ3) is 3.66. The van der Waals surface area contributed by atoms with Crippen molar-refractivity contribution in [1.29, 1.82) is 0 Å². The molecule has 0 fully saturated rings. The van der Waals surface area contributed by atoms with Crippen LogP contribution in [0.2, 0.25) is 0 Å². The van der Waals surface area contributed by atoms with E-state index in [1.54, 1.807) is 0 Å². The van der Waals surface area contributed by atoms with Gasteiger partial charge in [0, 0.05) is 17.1 Å². The van der Waals surface area contributed by atoms with Crippen molar-refractivity contribution in [3.05, 3.63) is 70.6 Å². The first kappa shape index (κ1) is 17.0. The zero-order valence-corrected chi connectivity index (χ0v) is 13.2. The molecule has 0 aliphatic carbocycles. The van der Waals surface area contributed by atoms with Crippen LogP contribution in [0.15, 0.2) is 68.7 Å². The van der Waals surface area contributed by atoms with Gasteiger partial charge in [0.15, 0.2) is 0 Å². The number of fused-ring (bicyclic) bond motifs is 1. The second-order valence-electron chi connectivity index (χ2n) is 5.14. The van der Waals surface area contributed by atoms with Crippen LogP contribution in [0.25, 0.3) is 11.0 Å². The van der Waals surface area contributed by atoms with Gasteiger partial charge in [-0.1, -0.05) is 6.07 Å². The van der Waals surface area contributed by atoms with E-state index in [9.17, 15) is 26.4 Å². The highest BCUT2D eigenvalue weighted by atomic mass is 32.2. The monoisotopic (exact) mass is 369 g/mol. The van der Waals surface area contributed by atoms with Gasteiger partial charge in [0.2, 0.25) is 0 Å². The molecule has 0 amide bonds. The normalized spacial score (nSPS) is 12.3. The largest absolute Gasteiger partial charge is 0.423 e. The minimum absolute atomic E-state index is 0.124. The molecular weight excluding hydrogens is 359 g/mol. The molecule has 1 aromatic heterocycles. The van der Waals surface area contributed by atoms with Crippen LogP contribution in [0.5, 0.6) is 0 Å². The highest BCUT2D eigenvalue weighted by Crippen LogP contribution is 2.31. The SMILES string of the molecule is O=c1ccc2cc(NS(=O)(=O)c3cccc(C(F)(F)F)c3)ccc2o1. The lowest BCUT2D eigenvalue weighted by atomic mass is 10.2. The predicted octanol–water partition coefficient (Wildman–Crippen LogP) is 3.61. The van der Waals surface area contributed by atoms with Crippen LogP contribution in [0.4, 0.5) is 18.9 Å². The summed E-state index contributed by atoms with van der Waals surface area (Å²) in [7, 11) is -4.22. The van der Waals surface area contributed by atoms with Gasteiger partial charge >= 0.3 is 11.8 Å². The van der Waals surface area contributed by atoms with Crippen molar-refractivity contribution < 1.29 is 26.0 Å². The average molecular weight is 369 g/mol. The average Bonchev–Trinajstić information content (AvgIpc) is 2.54. The summed E-state index contributed by atoms with van der Waals surface area (Å²) < 4.78 is 70.0. The Morgan fingerprint density at radius 2 is 1.72 bits per heavy atom. The second kappa shape index (κ2) is 5.92. The van der Waals surface area contributed by atoms with Crippen LogP contribution in [0.3, 0.4) is 0 Å². The minimum atomic E-state index is -4.65. The lowest BCUT2D eigenvalue weighted by molar-refractivity contribution is -0.137. The fraction of sp³-hybridized carbons (Fsp3) is 0.0625. The third-order valence-electron chi connectivity index (χ3n) is 3.34. The number of hydrogen-bond acceptors (Lipinski definition) is 4. The molecule has 3 rings (SSSR count). The van der Waals surface area contributed by atoms with Crippen molar-refractivity contribution in [3.63, 3.8) is 0 Å². The molecule has 2 aromatic carbocycles. The van der Waals surface area contributed by atoms with Gasteiger partial charge in [-0.25, -0.2) is 13.2 Å². The second-order valence-corrected chi connectivity index (χ2v) is 6.82. The van der Waals surface area contributed by atoms with E-state index in [0.717, 1.165) is 18.2 Å². The van der Waals surface area contributed by atoms with E-state index in [0.29, 0.717) is 11.5 Å². The molecule has 130 valence electrons. The smallest absolute Gasteiger partial charge is 0.416 e. The summed E-state index contributed by atoms with van der Waals surface area (Å²) in [6.45, 7) is 0. The summed E-state index contributed by atoms with van der Waals surface area (Å²) in [6, 6.07) is 10.2. The highest BCUT2D eigenvalue weighted by Gasteiger charge is 2.31. The summed E-state index contributed by atoms with van der Waals surface area (Å²) in [5.41, 5.74) is -1.23. The van der Waals surface area contributed by atoms with Gasteiger partial charge in [-0.15, -0.1) is 0 Å². The van der Waals surface area contributed by atoms with Crippen molar-refractivity contribution in [2.75, 3.05) is 4.72 Å². The Hall–Kier alpha value is -2.81. The number of alkyl halides is 3. The Kier molecular flexibility index (Phi) is 4.03. The van der Waals surface area contributed by atoms with Crippen molar-refractivity contribution in [1.82, 2.24) is 0 Å². The lowest BCUT2D eigenvalue weighted by Crippen LogP contribution is -2.14. The van der Waals surface area contributed by atoms with E-state index in [2.05, 4.69) is 4.72 Å². The number of nitrogens with one attached hydrogen (secondary N) is 1. The maximum Gasteiger partial charge on any atom is 0.416 e. The van der Waals surface area contributed by atoms with Gasteiger partial charge < -0.3 is 4.42 Å². The maximum absolute atomic E-state index is 12.7. The van der Waals surface area contributed by atoms with Crippen LogP contribution in [0, 0.1) is 0 Å². The Balaban J connectivity index is 1.96. The Labute approximate surface area is 139 Å². The molecule has 25 heavy (non-hydrogen) atoms. The number of anilines is 1. The van der Waals surface area contributed by atoms with E-state index in [-0.39, 0.29) is 11.3 Å². The molecule has 0 bridgehead atoms. The first-order chi connectivity index (χ1) is 11.6. The quantitative estimate of drug-likeness (QED) is 0.716. The number of rotatable bonds is 3. The number of halogens is 3. The van der Waals surface area contributed by atoms with Crippen molar-refractivity contribution in [2.45, 2.75) is 11.1 Å². The van der Waals surface area contributed by atoms with Crippen molar-refractivity contribution >= 4 is 26.7 Å². The molecule has 0 spiro atoms. The molecule has 0 atom stereocenters. The van der Waals surface area contributed by atoms with E-state index in [4.69, 9.17) is 4.42 Å². The molecule has 0 aliphatic heterocycles. The fourth-order valence-corrected chi connectivity index (χ4v) is 3.28. The molecule has 0 aliphatic rings. The zero-order valence-electron chi connectivity index (χ0n) is 12.4. The van der Waals surface area contributed by atoms with E-state index in [1.165, 1.54) is 30.3 Å². The minimum Gasteiger partial charge on any atom is -0.423 e. The maximum atomic E-state index is 12.7. The predicted molar refractivity (Wildman–Crippen MR) is 84.7 cm³/mol. The van der Waals surface area contributed by atoms with E-state index in [1.807, 2.05) is 0 Å². The highest BCUT2D eigenvalue weighted by molar-refractivity contribution is 7.92.